The molecular weight excluding hydrogens is 336 g/mol. The third-order valence-corrected chi connectivity index (χ3v) is 3.82. The molecule has 0 aliphatic heterocycles. The highest BCUT2D eigenvalue weighted by molar-refractivity contribution is 9.10. The van der Waals surface area contributed by atoms with Crippen LogP contribution in [-0.4, -0.2) is 15.0 Å². The van der Waals surface area contributed by atoms with Crippen molar-refractivity contribution in [3.05, 3.63) is 40.2 Å². The van der Waals surface area contributed by atoms with E-state index in [0.29, 0.717) is 5.82 Å². The van der Waals surface area contributed by atoms with Gasteiger partial charge in [-0.3, -0.25) is 0 Å². The second kappa shape index (κ2) is 4.79. The summed E-state index contributed by atoms with van der Waals surface area (Å²) in [5, 5.41) is 4.10. The normalized spacial score (nSPS) is 10.8. The van der Waals surface area contributed by atoms with Gasteiger partial charge in [-0.25, -0.2) is 15.0 Å². The number of fused-ring (bicyclic) bond motifs is 1. The number of thiazole rings is 1. The zero-order valence-electron chi connectivity index (χ0n) is 8.89. The Bertz CT molecular complexity index is 715. The number of benzene rings is 1. The van der Waals surface area contributed by atoms with Crippen molar-refractivity contribution in [2.45, 2.75) is 0 Å². The lowest BCUT2D eigenvalue weighted by Gasteiger charge is -1.99. The lowest BCUT2D eigenvalue weighted by molar-refractivity contribution is 1.17. The fraction of sp³-hybridized carbons (Fsp3) is 0. The van der Waals surface area contributed by atoms with Gasteiger partial charge in [0.15, 0.2) is 5.13 Å². The fourth-order valence-corrected chi connectivity index (χ4v) is 3.04. The minimum absolute atomic E-state index is 0.212. The molecule has 2 aromatic heterocycles. The molecule has 0 fully saturated rings. The van der Waals surface area contributed by atoms with Gasteiger partial charge >= 0.3 is 0 Å². The molecule has 2 heterocycles. The summed E-state index contributed by atoms with van der Waals surface area (Å²) in [5.41, 5.74) is 0.950. The van der Waals surface area contributed by atoms with Gasteiger partial charge in [-0.15, -0.1) is 0 Å². The summed E-state index contributed by atoms with van der Waals surface area (Å²) >= 11 is 10.7. The Morgan fingerprint density at radius 3 is 2.94 bits per heavy atom. The second-order valence-electron chi connectivity index (χ2n) is 3.47. The van der Waals surface area contributed by atoms with Crippen LogP contribution in [0.25, 0.3) is 10.2 Å². The molecule has 0 aliphatic rings. The van der Waals surface area contributed by atoms with E-state index in [1.54, 1.807) is 23.6 Å². The van der Waals surface area contributed by atoms with Crippen LogP contribution in [0.1, 0.15) is 0 Å². The Balaban J connectivity index is 1.95. The van der Waals surface area contributed by atoms with Crippen molar-refractivity contribution in [2.75, 3.05) is 5.32 Å². The van der Waals surface area contributed by atoms with Gasteiger partial charge in [0.2, 0.25) is 5.28 Å². The molecule has 3 aromatic rings. The molecule has 0 amide bonds. The van der Waals surface area contributed by atoms with E-state index in [0.717, 1.165) is 19.8 Å². The molecule has 0 spiro atoms. The van der Waals surface area contributed by atoms with Crippen molar-refractivity contribution in [3.63, 3.8) is 0 Å². The molecular formula is C11H6BrClN4S. The third-order valence-electron chi connectivity index (χ3n) is 2.21. The van der Waals surface area contributed by atoms with Crippen LogP contribution in [0.2, 0.25) is 5.28 Å². The first kappa shape index (κ1) is 11.8. The van der Waals surface area contributed by atoms with Gasteiger partial charge in [0, 0.05) is 10.7 Å². The van der Waals surface area contributed by atoms with E-state index in [9.17, 15) is 0 Å². The highest BCUT2D eigenvalue weighted by Crippen LogP contribution is 2.29. The molecule has 0 atom stereocenters. The summed E-state index contributed by atoms with van der Waals surface area (Å²) in [4.78, 5) is 12.3. The molecule has 0 radical (unpaired) electrons. The van der Waals surface area contributed by atoms with Crippen LogP contribution in [0, 0.1) is 0 Å². The number of halogens is 2. The standard InChI is InChI=1S/C11H6BrClN4S/c12-6-1-2-7-8(5-6)18-11(15-7)17-9-3-4-14-10(13)16-9/h1-5H,(H,14,15,16,17). The van der Waals surface area contributed by atoms with Crippen LogP contribution >= 0.6 is 38.9 Å². The van der Waals surface area contributed by atoms with E-state index < -0.39 is 0 Å². The average molecular weight is 342 g/mol. The summed E-state index contributed by atoms with van der Waals surface area (Å²) in [6.07, 6.45) is 1.60. The Morgan fingerprint density at radius 2 is 2.11 bits per heavy atom. The Morgan fingerprint density at radius 1 is 1.22 bits per heavy atom. The van der Waals surface area contributed by atoms with Gasteiger partial charge in [0.1, 0.15) is 5.82 Å². The van der Waals surface area contributed by atoms with Crippen molar-refractivity contribution >= 4 is 60.0 Å². The van der Waals surface area contributed by atoms with Crippen molar-refractivity contribution in [2.24, 2.45) is 0 Å². The number of nitrogens with zero attached hydrogens (tertiary/aromatic N) is 3. The van der Waals surface area contributed by atoms with Crippen molar-refractivity contribution in [1.82, 2.24) is 15.0 Å². The van der Waals surface area contributed by atoms with Crippen LogP contribution in [0.3, 0.4) is 0 Å². The molecule has 0 unspecified atom stereocenters. The maximum atomic E-state index is 5.73. The minimum Gasteiger partial charge on any atom is -0.316 e. The van der Waals surface area contributed by atoms with Crippen LogP contribution in [-0.2, 0) is 0 Å². The minimum atomic E-state index is 0.212. The Hall–Kier alpha value is -1.24. The molecule has 18 heavy (non-hydrogen) atoms. The lowest BCUT2D eigenvalue weighted by Crippen LogP contribution is -1.93. The number of hydrogen-bond acceptors (Lipinski definition) is 5. The topological polar surface area (TPSA) is 50.7 Å². The first-order valence-corrected chi connectivity index (χ1v) is 7.01. The first-order chi connectivity index (χ1) is 8.70. The van der Waals surface area contributed by atoms with E-state index in [1.807, 2.05) is 18.2 Å². The summed E-state index contributed by atoms with van der Waals surface area (Å²) in [6.45, 7) is 0. The average Bonchev–Trinajstić information content (AvgIpc) is 2.70. The molecule has 1 N–H and O–H groups in total. The Kier molecular flexibility index (Phi) is 3.15. The monoisotopic (exact) mass is 340 g/mol. The summed E-state index contributed by atoms with van der Waals surface area (Å²) in [5.74, 6) is 0.633. The van der Waals surface area contributed by atoms with Crippen molar-refractivity contribution < 1.29 is 0 Å². The highest BCUT2D eigenvalue weighted by Gasteiger charge is 2.05. The predicted molar refractivity (Wildman–Crippen MR) is 77.6 cm³/mol. The largest absolute Gasteiger partial charge is 0.316 e. The van der Waals surface area contributed by atoms with Gasteiger partial charge in [0.25, 0.3) is 0 Å². The number of hydrogen-bond donors (Lipinski definition) is 1. The summed E-state index contributed by atoms with van der Waals surface area (Å²) < 4.78 is 2.14. The van der Waals surface area contributed by atoms with E-state index in [4.69, 9.17) is 11.6 Å². The maximum Gasteiger partial charge on any atom is 0.224 e. The zero-order valence-corrected chi connectivity index (χ0v) is 12.1. The van der Waals surface area contributed by atoms with E-state index in [1.165, 1.54) is 0 Å². The molecule has 0 saturated carbocycles. The highest BCUT2D eigenvalue weighted by atomic mass is 79.9. The molecule has 90 valence electrons. The molecule has 0 aliphatic carbocycles. The van der Waals surface area contributed by atoms with Gasteiger partial charge in [-0.05, 0) is 35.9 Å². The maximum absolute atomic E-state index is 5.73. The van der Waals surface area contributed by atoms with Crippen LogP contribution in [0.5, 0.6) is 0 Å². The smallest absolute Gasteiger partial charge is 0.224 e. The van der Waals surface area contributed by atoms with Crippen molar-refractivity contribution in [1.29, 1.82) is 0 Å². The molecule has 0 saturated heterocycles. The Labute approximate surface area is 120 Å². The summed E-state index contributed by atoms with van der Waals surface area (Å²) in [6, 6.07) is 7.71. The van der Waals surface area contributed by atoms with Gasteiger partial charge in [-0.2, -0.15) is 0 Å². The summed E-state index contributed by atoms with van der Waals surface area (Å²) in [7, 11) is 0. The fourth-order valence-electron chi connectivity index (χ4n) is 1.47. The zero-order chi connectivity index (χ0) is 12.5. The van der Waals surface area contributed by atoms with E-state index in [2.05, 4.69) is 36.2 Å². The van der Waals surface area contributed by atoms with Crippen LogP contribution in [0.4, 0.5) is 10.9 Å². The number of rotatable bonds is 2. The van der Waals surface area contributed by atoms with E-state index >= 15 is 0 Å². The third kappa shape index (κ3) is 2.45. The number of nitrogens with one attached hydrogen (secondary N) is 1. The van der Waals surface area contributed by atoms with Gasteiger partial charge < -0.3 is 5.32 Å². The van der Waals surface area contributed by atoms with Gasteiger partial charge in [0.05, 0.1) is 10.2 Å². The molecule has 3 rings (SSSR count). The predicted octanol–water partition coefficient (Wildman–Crippen LogP) is 4.25. The van der Waals surface area contributed by atoms with Crippen molar-refractivity contribution in [3.8, 4) is 0 Å². The molecule has 4 nitrogen and oxygen atoms in total. The molecule has 7 heteroatoms. The van der Waals surface area contributed by atoms with E-state index in [-0.39, 0.29) is 5.28 Å². The number of anilines is 2. The lowest BCUT2D eigenvalue weighted by atomic mass is 10.3. The quantitative estimate of drug-likeness (QED) is 0.708. The van der Waals surface area contributed by atoms with Crippen LogP contribution < -0.4 is 5.32 Å². The number of aromatic nitrogens is 3. The van der Waals surface area contributed by atoms with Gasteiger partial charge in [-0.1, -0.05) is 27.3 Å². The molecule has 1 aromatic carbocycles. The first-order valence-electron chi connectivity index (χ1n) is 5.02. The SMILES string of the molecule is Clc1nccc(Nc2nc3ccc(Br)cc3s2)n1. The van der Waals surface area contributed by atoms with Crippen LogP contribution in [0.15, 0.2) is 34.9 Å². The molecule has 0 bridgehead atoms. The second-order valence-corrected chi connectivity index (χ2v) is 5.75.